The molecule has 2 aromatic heterocycles. The van der Waals surface area contributed by atoms with E-state index in [4.69, 9.17) is 16.6 Å². The van der Waals surface area contributed by atoms with Gasteiger partial charge in [-0.2, -0.15) is 0 Å². The smallest absolute Gasteiger partial charge is 0.266 e. The standard InChI is InChI=1S/C26H18ClN3O2S2/c1-16-13-18(11-12-20(16)27)30-25(32)19-9-5-6-10-21(19)29-26(30)34-15-23(31)24-28-22(14-33-24)17-7-3-2-4-8-17/h2-14H,15H2,1H3. The summed E-state index contributed by atoms with van der Waals surface area (Å²) in [6.45, 7) is 1.88. The minimum absolute atomic E-state index is 0.110. The predicted octanol–water partition coefficient (Wildman–Crippen LogP) is 6.45. The molecule has 5 aromatic rings. The van der Waals surface area contributed by atoms with Crippen LogP contribution in [0.1, 0.15) is 15.4 Å². The second kappa shape index (κ2) is 9.54. The number of hydrogen-bond donors (Lipinski definition) is 0. The van der Waals surface area contributed by atoms with Gasteiger partial charge in [-0.3, -0.25) is 14.2 Å². The third-order valence-electron chi connectivity index (χ3n) is 5.29. The summed E-state index contributed by atoms with van der Waals surface area (Å²) in [5, 5.41) is 3.89. The van der Waals surface area contributed by atoms with Crippen molar-refractivity contribution in [3.05, 3.63) is 104 Å². The molecule has 34 heavy (non-hydrogen) atoms. The topological polar surface area (TPSA) is 64.8 Å². The van der Waals surface area contributed by atoms with Gasteiger partial charge in [-0.05, 0) is 42.8 Å². The van der Waals surface area contributed by atoms with Crippen molar-refractivity contribution in [2.45, 2.75) is 12.1 Å². The fourth-order valence-corrected chi connectivity index (χ4v) is 5.39. The maximum atomic E-state index is 13.4. The Labute approximate surface area is 209 Å². The van der Waals surface area contributed by atoms with Crippen LogP contribution in [-0.2, 0) is 0 Å². The Morgan fingerprint density at radius 3 is 2.59 bits per heavy atom. The minimum Gasteiger partial charge on any atom is -0.291 e. The fraction of sp³-hybridized carbons (Fsp3) is 0.0769. The molecule has 8 heteroatoms. The van der Waals surface area contributed by atoms with E-state index in [1.807, 2.05) is 60.8 Å². The van der Waals surface area contributed by atoms with Crippen LogP contribution >= 0.6 is 34.7 Å². The molecule has 0 aliphatic rings. The first-order valence-electron chi connectivity index (χ1n) is 10.5. The summed E-state index contributed by atoms with van der Waals surface area (Å²) in [7, 11) is 0. The van der Waals surface area contributed by atoms with Crippen LogP contribution < -0.4 is 5.56 Å². The molecule has 0 bridgehead atoms. The van der Waals surface area contributed by atoms with E-state index >= 15 is 0 Å². The molecular weight excluding hydrogens is 486 g/mol. The van der Waals surface area contributed by atoms with Crippen LogP contribution in [0.5, 0.6) is 0 Å². The van der Waals surface area contributed by atoms with Crippen molar-refractivity contribution in [3.8, 4) is 16.9 Å². The Morgan fingerprint density at radius 2 is 1.79 bits per heavy atom. The summed E-state index contributed by atoms with van der Waals surface area (Å²) in [6, 6.07) is 22.3. The molecule has 0 saturated heterocycles. The molecule has 168 valence electrons. The zero-order chi connectivity index (χ0) is 23.7. The molecule has 0 spiro atoms. The minimum atomic E-state index is -0.192. The number of carbonyl (C=O) groups is 1. The van der Waals surface area contributed by atoms with Gasteiger partial charge in [-0.15, -0.1) is 11.3 Å². The molecule has 0 N–H and O–H groups in total. The number of aromatic nitrogens is 3. The number of Topliss-reactive ketones (excluding diaryl/α,β-unsaturated/α-hetero) is 1. The Balaban J connectivity index is 1.49. The zero-order valence-corrected chi connectivity index (χ0v) is 20.5. The number of nitrogens with zero attached hydrogens (tertiary/aromatic N) is 3. The van der Waals surface area contributed by atoms with Crippen LogP contribution in [0.15, 0.2) is 88.1 Å². The zero-order valence-electron chi connectivity index (χ0n) is 18.1. The first-order valence-corrected chi connectivity index (χ1v) is 12.7. The average molecular weight is 504 g/mol. The second-order valence-corrected chi connectivity index (χ2v) is 9.81. The van der Waals surface area contributed by atoms with Crippen molar-refractivity contribution in [2.24, 2.45) is 0 Å². The molecule has 2 heterocycles. The number of benzene rings is 3. The van der Waals surface area contributed by atoms with Crippen LogP contribution in [0.4, 0.5) is 0 Å². The van der Waals surface area contributed by atoms with Crippen molar-refractivity contribution in [2.75, 3.05) is 5.75 Å². The number of aryl methyl sites for hydroxylation is 1. The van der Waals surface area contributed by atoms with Crippen molar-refractivity contribution in [1.29, 1.82) is 0 Å². The van der Waals surface area contributed by atoms with Gasteiger partial charge in [0.25, 0.3) is 5.56 Å². The Bertz CT molecular complexity index is 1580. The van der Waals surface area contributed by atoms with Gasteiger partial charge >= 0.3 is 0 Å². The van der Waals surface area contributed by atoms with E-state index in [1.54, 1.807) is 28.8 Å². The largest absolute Gasteiger partial charge is 0.291 e. The van der Waals surface area contributed by atoms with Gasteiger partial charge in [-0.1, -0.05) is 65.8 Å². The lowest BCUT2D eigenvalue weighted by atomic mass is 10.2. The maximum Gasteiger partial charge on any atom is 0.266 e. The van der Waals surface area contributed by atoms with E-state index < -0.39 is 0 Å². The molecule has 5 rings (SSSR count). The predicted molar refractivity (Wildman–Crippen MR) is 140 cm³/mol. The van der Waals surface area contributed by atoms with Gasteiger partial charge in [-0.25, -0.2) is 9.97 Å². The number of ketones is 1. The quantitative estimate of drug-likeness (QED) is 0.151. The van der Waals surface area contributed by atoms with E-state index in [0.29, 0.717) is 31.8 Å². The summed E-state index contributed by atoms with van der Waals surface area (Å²) in [4.78, 5) is 35.6. The first-order chi connectivity index (χ1) is 16.5. The van der Waals surface area contributed by atoms with Crippen LogP contribution in [0, 0.1) is 6.92 Å². The highest BCUT2D eigenvalue weighted by atomic mass is 35.5. The average Bonchev–Trinajstić information content (AvgIpc) is 3.36. The molecule has 0 atom stereocenters. The number of para-hydroxylation sites is 1. The van der Waals surface area contributed by atoms with E-state index in [2.05, 4.69) is 4.98 Å². The third kappa shape index (κ3) is 4.42. The van der Waals surface area contributed by atoms with Crippen LogP contribution in [0.2, 0.25) is 5.02 Å². The highest BCUT2D eigenvalue weighted by Crippen LogP contribution is 2.26. The van der Waals surface area contributed by atoms with Crippen molar-refractivity contribution in [1.82, 2.24) is 14.5 Å². The summed E-state index contributed by atoms with van der Waals surface area (Å²) in [5.41, 5.74) is 3.64. The molecule has 0 aliphatic carbocycles. The molecule has 0 aliphatic heterocycles. The van der Waals surface area contributed by atoms with E-state index in [1.165, 1.54) is 23.1 Å². The Hall–Kier alpha value is -3.26. The fourth-order valence-electron chi connectivity index (χ4n) is 3.54. The van der Waals surface area contributed by atoms with Gasteiger partial charge in [0.1, 0.15) is 0 Å². The molecule has 0 radical (unpaired) electrons. The molecule has 0 saturated carbocycles. The third-order valence-corrected chi connectivity index (χ3v) is 7.54. The van der Waals surface area contributed by atoms with Crippen molar-refractivity contribution < 1.29 is 4.79 Å². The van der Waals surface area contributed by atoms with Crippen LogP contribution in [-0.4, -0.2) is 26.1 Å². The molecular formula is C26H18ClN3O2S2. The maximum absolute atomic E-state index is 13.4. The highest BCUT2D eigenvalue weighted by Gasteiger charge is 2.18. The Kier molecular flexibility index (Phi) is 6.32. The number of hydrogen-bond acceptors (Lipinski definition) is 6. The summed E-state index contributed by atoms with van der Waals surface area (Å²) in [5.74, 6) is -0.00236. The number of carbonyl (C=O) groups excluding carboxylic acids is 1. The number of fused-ring (bicyclic) bond motifs is 1. The Morgan fingerprint density at radius 1 is 1.03 bits per heavy atom. The highest BCUT2D eigenvalue weighted by molar-refractivity contribution is 7.99. The van der Waals surface area contributed by atoms with E-state index in [0.717, 1.165) is 16.8 Å². The van der Waals surface area contributed by atoms with Gasteiger partial charge in [0.15, 0.2) is 10.2 Å². The SMILES string of the molecule is Cc1cc(-n2c(SCC(=O)c3nc(-c4ccccc4)cs3)nc3ccccc3c2=O)ccc1Cl. The summed E-state index contributed by atoms with van der Waals surface area (Å²) in [6.07, 6.45) is 0. The lowest BCUT2D eigenvalue weighted by Crippen LogP contribution is -2.22. The number of rotatable bonds is 6. The summed E-state index contributed by atoms with van der Waals surface area (Å²) >= 11 is 8.75. The van der Waals surface area contributed by atoms with E-state index in [-0.39, 0.29) is 17.1 Å². The molecule has 0 amide bonds. The van der Waals surface area contributed by atoms with Gasteiger partial charge in [0.2, 0.25) is 5.78 Å². The van der Waals surface area contributed by atoms with Crippen molar-refractivity contribution in [3.63, 3.8) is 0 Å². The number of thiazole rings is 1. The number of thioether (sulfide) groups is 1. The first kappa shape index (κ1) is 22.5. The van der Waals surface area contributed by atoms with Crippen molar-refractivity contribution >= 4 is 51.4 Å². The molecule has 5 nitrogen and oxygen atoms in total. The van der Waals surface area contributed by atoms with Gasteiger partial charge < -0.3 is 0 Å². The second-order valence-electron chi connectivity index (χ2n) is 7.60. The van der Waals surface area contributed by atoms with Crippen LogP contribution in [0.25, 0.3) is 27.8 Å². The van der Waals surface area contributed by atoms with Gasteiger partial charge in [0, 0.05) is 16.0 Å². The lowest BCUT2D eigenvalue weighted by Gasteiger charge is -2.14. The lowest BCUT2D eigenvalue weighted by molar-refractivity contribution is 0.102. The molecule has 0 fully saturated rings. The van der Waals surface area contributed by atoms with Crippen LogP contribution in [0.3, 0.4) is 0 Å². The van der Waals surface area contributed by atoms with Gasteiger partial charge in [0.05, 0.1) is 28.0 Å². The van der Waals surface area contributed by atoms with E-state index in [9.17, 15) is 9.59 Å². The number of halogens is 1. The molecule has 3 aromatic carbocycles. The molecule has 0 unspecified atom stereocenters. The normalized spacial score (nSPS) is 11.1. The monoisotopic (exact) mass is 503 g/mol. The summed E-state index contributed by atoms with van der Waals surface area (Å²) < 4.78 is 1.54.